The molecule has 8 nitrogen and oxygen atoms in total. The second-order valence-corrected chi connectivity index (χ2v) is 9.19. The van der Waals surface area contributed by atoms with Crippen molar-refractivity contribution in [1.82, 2.24) is 14.9 Å². The van der Waals surface area contributed by atoms with Gasteiger partial charge in [0.15, 0.2) is 0 Å². The maximum absolute atomic E-state index is 14.3. The Balaban J connectivity index is 0.000000243. The number of rotatable bonds is 4. The fraction of sp³-hybridized carbons (Fsp3) is 0.391. The Morgan fingerprint density at radius 1 is 1.33 bits per heavy atom. The fourth-order valence-corrected chi connectivity index (χ4v) is 5.26. The van der Waals surface area contributed by atoms with Gasteiger partial charge in [0, 0.05) is 28.9 Å². The Bertz CT molecular complexity index is 1170. The Morgan fingerprint density at radius 2 is 2.15 bits per heavy atom. The van der Waals surface area contributed by atoms with E-state index >= 15 is 0 Å². The van der Waals surface area contributed by atoms with Crippen LogP contribution in [0.1, 0.15) is 35.8 Å². The van der Waals surface area contributed by atoms with E-state index < -0.39 is 5.82 Å². The lowest BCUT2D eigenvalue weighted by molar-refractivity contribution is -0.125. The summed E-state index contributed by atoms with van der Waals surface area (Å²) in [5, 5.41) is 11.4. The van der Waals surface area contributed by atoms with Crippen molar-refractivity contribution in [3.05, 3.63) is 40.3 Å². The molecule has 0 radical (unpaired) electrons. The van der Waals surface area contributed by atoms with Crippen LogP contribution in [-0.2, 0) is 22.4 Å². The van der Waals surface area contributed by atoms with Gasteiger partial charge in [0.05, 0.1) is 30.3 Å². The number of ether oxygens (including phenoxy) is 1. The third-order valence-corrected chi connectivity index (χ3v) is 7.09. The molecular formula is C23H27FN6O2S. The molecule has 3 aromatic rings. The highest BCUT2D eigenvalue weighted by molar-refractivity contribution is 7.19. The summed E-state index contributed by atoms with van der Waals surface area (Å²) in [7, 11) is 0. The van der Waals surface area contributed by atoms with Crippen LogP contribution in [0.2, 0.25) is 0 Å². The molecular weight excluding hydrogens is 443 g/mol. The number of morpholine rings is 1. The number of nitrogens with two attached hydrogens (primary N) is 1. The lowest BCUT2D eigenvalue weighted by Crippen LogP contribution is -2.42. The number of hydrogen-bond acceptors (Lipinski definition) is 8. The minimum atomic E-state index is -0.464. The smallest absolute Gasteiger partial charge is 0.210 e. The maximum atomic E-state index is 14.3. The number of thiophene rings is 1. The largest absolute Gasteiger partial charge is 0.398 e. The summed E-state index contributed by atoms with van der Waals surface area (Å²) in [4.78, 5) is 23.0. The Labute approximate surface area is 195 Å². The first-order chi connectivity index (χ1) is 16.0. The van der Waals surface area contributed by atoms with Gasteiger partial charge in [0.2, 0.25) is 6.41 Å². The lowest BCUT2D eigenvalue weighted by atomic mass is 9.97. The minimum Gasteiger partial charge on any atom is -0.398 e. The van der Waals surface area contributed by atoms with Gasteiger partial charge in [-0.25, -0.2) is 14.4 Å². The van der Waals surface area contributed by atoms with Crippen molar-refractivity contribution in [1.29, 1.82) is 5.41 Å². The van der Waals surface area contributed by atoms with Crippen molar-refractivity contribution >= 4 is 51.4 Å². The molecule has 1 aromatic carbocycles. The first kappa shape index (κ1) is 23.1. The van der Waals surface area contributed by atoms with Gasteiger partial charge < -0.3 is 26.1 Å². The van der Waals surface area contributed by atoms with Crippen molar-refractivity contribution in [2.45, 2.75) is 38.6 Å². The topological polar surface area (TPSA) is 117 Å². The van der Waals surface area contributed by atoms with Gasteiger partial charge >= 0.3 is 0 Å². The van der Waals surface area contributed by atoms with Crippen molar-refractivity contribution in [2.24, 2.45) is 0 Å². The Hall–Kier alpha value is -3.11. The second kappa shape index (κ2) is 10.2. The van der Waals surface area contributed by atoms with Crippen LogP contribution in [-0.4, -0.2) is 53.3 Å². The van der Waals surface area contributed by atoms with Gasteiger partial charge in [-0.3, -0.25) is 4.79 Å². The van der Waals surface area contributed by atoms with E-state index in [1.54, 1.807) is 16.2 Å². The predicted octanol–water partition coefficient (Wildman–Crippen LogP) is 3.90. The van der Waals surface area contributed by atoms with Gasteiger partial charge in [-0.2, -0.15) is 0 Å². The van der Waals surface area contributed by atoms with E-state index in [4.69, 9.17) is 15.9 Å². The number of benzene rings is 1. The molecule has 2 aromatic heterocycles. The van der Waals surface area contributed by atoms with E-state index in [-0.39, 0.29) is 17.4 Å². The van der Waals surface area contributed by atoms with Gasteiger partial charge in [-0.15, -0.1) is 11.3 Å². The zero-order valence-corrected chi connectivity index (χ0v) is 19.3. The molecule has 0 saturated carbocycles. The number of anilines is 3. The molecule has 5 rings (SSSR count). The van der Waals surface area contributed by atoms with Crippen molar-refractivity contribution in [3.8, 4) is 0 Å². The zero-order chi connectivity index (χ0) is 23.4. The first-order valence-electron chi connectivity index (χ1n) is 10.9. The molecule has 10 heteroatoms. The highest BCUT2D eigenvalue weighted by Gasteiger charge is 2.20. The monoisotopic (exact) mass is 470 g/mol. The van der Waals surface area contributed by atoms with Crippen molar-refractivity contribution in [3.63, 3.8) is 0 Å². The van der Waals surface area contributed by atoms with Gasteiger partial charge in [0.25, 0.3) is 0 Å². The van der Waals surface area contributed by atoms with Crippen LogP contribution in [0.15, 0.2) is 18.5 Å². The summed E-state index contributed by atoms with van der Waals surface area (Å²) in [6, 6.07) is 3.02. The first-order valence-corrected chi connectivity index (χ1v) is 11.7. The lowest BCUT2D eigenvalue weighted by Gasteiger charge is -2.29. The number of fused-ring (bicyclic) bond motifs is 3. The van der Waals surface area contributed by atoms with Gasteiger partial charge in [-0.05, 0) is 50.3 Å². The highest BCUT2D eigenvalue weighted by atomic mass is 32.1. The van der Waals surface area contributed by atoms with Crippen LogP contribution in [0.5, 0.6) is 0 Å². The molecule has 2 aliphatic rings. The number of hydrogen-bond donors (Lipinski definition) is 3. The molecule has 4 N–H and O–H groups in total. The summed E-state index contributed by atoms with van der Waals surface area (Å²) in [6.45, 7) is 4.08. The number of halogens is 1. The normalized spacial score (nSPS) is 17.6. The Kier molecular flexibility index (Phi) is 7.14. The zero-order valence-electron chi connectivity index (χ0n) is 18.4. The SMILES string of the molecule is CC1COCCN1C=O.N=Cc1cc(Nc2ncnc3sc4c(c23)CCCC4)c(F)cc1N. The van der Waals surface area contributed by atoms with E-state index in [1.165, 1.54) is 35.3 Å². The Morgan fingerprint density at radius 3 is 2.88 bits per heavy atom. The van der Waals surface area contributed by atoms with Gasteiger partial charge in [0.1, 0.15) is 22.8 Å². The molecule has 1 aliphatic carbocycles. The number of carbonyl (C=O) groups excluding carboxylic acids is 1. The summed E-state index contributed by atoms with van der Waals surface area (Å²) < 4.78 is 19.4. The number of nitrogens with one attached hydrogen (secondary N) is 2. The number of nitrogens with zero attached hydrogens (tertiary/aromatic N) is 3. The third-order valence-electron chi connectivity index (χ3n) is 5.89. The maximum Gasteiger partial charge on any atom is 0.210 e. The van der Waals surface area contributed by atoms with Crippen molar-refractivity contribution < 1.29 is 13.9 Å². The molecule has 1 saturated heterocycles. The number of carbonyl (C=O) groups is 1. The molecule has 0 bridgehead atoms. The average Bonchev–Trinajstić information content (AvgIpc) is 3.21. The molecule has 1 atom stereocenters. The van der Waals surface area contributed by atoms with E-state index in [0.717, 1.165) is 48.6 Å². The number of aromatic nitrogens is 2. The standard InChI is InChI=1S/C17H16FN5S.C6H11NO2/c18-11-6-12(20)9(7-19)5-13(11)23-16-15-10-3-1-2-4-14(10)24-17(15)22-8-21-16;1-6-4-9-3-2-7(6)5-8/h5-8,19H,1-4,20H2,(H,21,22,23);5-6H,2-4H2,1H3. The summed E-state index contributed by atoms with van der Waals surface area (Å²) >= 11 is 1.70. The minimum absolute atomic E-state index is 0.244. The second-order valence-electron chi connectivity index (χ2n) is 8.11. The summed E-state index contributed by atoms with van der Waals surface area (Å²) in [5.41, 5.74) is 7.98. The molecule has 0 spiro atoms. The van der Waals surface area contributed by atoms with Crippen LogP contribution < -0.4 is 11.1 Å². The summed E-state index contributed by atoms with van der Waals surface area (Å²) in [5.74, 6) is 0.146. The van der Waals surface area contributed by atoms with Crippen LogP contribution in [0, 0.1) is 11.2 Å². The molecule has 33 heavy (non-hydrogen) atoms. The quantitative estimate of drug-likeness (QED) is 0.302. The van der Waals surface area contributed by atoms with Crippen LogP contribution >= 0.6 is 11.3 Å². The van der Waals surface area contributed by atoms with Gasteiger partial charge in [-0.1, -0.05) is 0 Å². The van der Waals surface area contributed by atoms with E-state index in [0.29, 0.717) is 24.6 Å². The highest BCUT2D eigenvalue weighted by Crippen LogP contribution is 2.39. The van der Waals surface area contributed by atoms with Crippen molar-refractivity contribution in [2.75, 3.05) is 30.8 Å². The van der Waals surface area contributed by atoms with Crippen LogP contribution in [0.25, 0.3) is 10.2 Å². The predicted molar refractivity (Wildman–Crippen MR) is 129 cm³/mol. The third kappa shape index (κ3) is 4.96. The molecule has 3 heterocycles. The van der Waals surface area contributed by atoms with E-state index in [1.807, 2.05) is 6.92 Å². The molecule has 1 fully saturated rings. The molecule has 1 aliphatic heterocycles. The summed E-state index contributed by atoms with van der Waals surface area (Å²) in [6.07, 6.45) is 7.93. The molecule has 174 valence electrons. The molecule has 1 amide bonds. The van der Waals surface area contributed by atoms with Crippen LogP contribution in [0.4, 0.5) is 21.6 Å². The number of nitrogen functional groups attached to an aromatic ring is 1. The van der Waals surface area contributed by atoms with Crippen LogP contribution in [0.3, 0.4) is 0 Å². The van der Waals surface area contributed by atoms with E-state index in [9.17, 15) is 9.18 Å². The number of amides is 1. The molecule has 1 unspecified atom stereocenters. The number of aryl methyl sites for hydroxylation is 2. The average molecular weight is 471 g/mol. The van der Waals surface area contributed by atoms with E-state index in [2.05, 4.69) is 15.3 Å². The fourth-order valence-electron chi connectivity index (χ4n) is 4.04.